The summed E-state index contributed by atoms with van der Waals surface area (Å²) < 4.78 is 5.28. The lowest BCUT2D eigenvalue weighted by molar-refractivity contribution is 0.0761. The minimum atomic E-state index is -0.418. The molecule has 1 fully saturated rings. The van der Waals surface area contributed by atoms with Crippen molar-refractivity contribution in [3.8, 4) is 6.07 Å². The van der Waals surface area contributed by atoms with E-state index in [1.807, 2.05) is 4.90 Å². The fraction of sp³-hybridized carbons (Fsp3) is 0.462. The van der Waals surface area contributed by atoms with Gasteiger partial charge in [0, 0.05) is 26.8 Å². The van der Waals surface area contributed by atoms with Gasteiger partial charge in [-0.15, -0.1) is 0 Å². The van der Waals surface area contributed by atoms with Gasteiger partial charge in [0.05, 0.1) is 24.8 Å². The van der Waals surface area contributed by atoms with Crippen molar-refractivity contribution in [1.82, 2.24) is 9.88 Å². The average Bonchev–Trinajstić information content (AvgIpc) is 2.46. The number of carbonyl (C=O) groups is 1. The molecular weight excluding hydrogens is 244 g/mol. The second-order valence-electron chi connectivity index (χ2n) is 4.54. The van der Waals surface area contributed by atoms with Gasteiger partial charge in [0.1, 0.15) is 5.82 Å². The third-order valence-electron chi connectivity index (χ3n) is 2.94. The van der Waals surface area contributed by atoms with Crippen LogP contribution in [0.4, 0.5) is 5.82 Å². The molecule has 6 nitrogen and oxygen atoms in total. The highest BCUT2D eigenvalue weighted by atomic mass is 16.5. The Labute approximate surface area is 112 Å². The Kier molecular flexibility index (Phi) is 3.97. The third kappa shape index (κ3) is 3.01. The summed E-state index contributed by atoms with van der Waals surface area (Å²) in [6.07, 6.45) is 1.15. The first kappa shape index (κ1) is 13.3. The van der Waals surface area contributed by atoms with Gasteiger partial charge in [0.2, 0.25) is 0 Å². The lowest BCUT2D eigenvalue weighted by Gasteiger charge is -2.30. The number of hydrogen-bond donors (Lipinski definition) is 0. The Morgan fingerprint density at radius 2 is 2.37 bits per heavy atom. The van der Waals surface area contributed by atoms with Gasteiger partial charge in [-0.2, -0.15) is 5.26 Å². The molecule has 1 amide bonds. The SMILES string of the molecule is CN(C)C(=O)c1ccc(N2CCOC(C#N)C2)nc1. The van der Waals surface area contributed by atoms with Gasteiger partial charge in [-0.3, -0.25) is 4.79 Å². The number of nitrogens with zero attached hydrogens (tertiary/aromatic N) is 4. The largest absolute Gasteiger partial charge is 0.360 e. The lowest BCUT2D eigenvalue weighted by Crippen LogP contribution is -2.42. The molecule has 1 saturated heterocycles. The molecule has 2 heterocycles. The molecular formula is C13H16N4O2. The second-order valence-corrected chi connectivity index (χ2v) is 4.54. The van der Waals surface area contributed by atoms with E-state index >= 15 is 0 Å². The predicted octanol–water partition coefficient (Wildman–Crippen LogP) is 0.512. The van der Waals surface area contributed by atoms with E-state index < -0.39 is 6.10 Å². The molecule has 1 aliphatic heterocycles. The van der Waals surface area contributed by atoms with Crippen LogP contribution in [0.2, 0.25) is 0 Å². The molecule has 1 atom stereocenters. The third-order valence-corrected chi connectivity index (χ3v) is 2.94. The highest BCUT2D eigenvalue weighted by Crippen LogP contribution is 2.15. The van der Waals surface area contributed by atoms with Crippen molar-refractivity contribution in [1.29, 1.82) is 5.26 Å². The summed E-state index contributed by atoms with van der Waals surface area (Å²) in [7, 11) is 3.41. The van der Waals surface area contributed by atoms with Gasteiger partial charge < -0.3 is 14.5 Å². The number of nitriles is 1. The minimum absolute atomic E-state index is 0.0732. The molecule has 1 aliphatic rings. The predicted molar refractivity (Wildman–Crippen MR) is 69.8 cm³/mol. The van der Waals surface area contributed by atoms with Crippen LogP contribution in [-0.4, -0.2) is 55.7 Å². The van der Waals surface area contributed by atoms with Crippen LogP contribution in [0.15, 0.2) is 18.3 Å². The number of amides is 1. The van der Waals surface area contributed by atoms with E-state index in [2.05, 4.69) is 11.1 Å². The summed E-state index contributed by atoms with van der Waals surface area (Å²) in [5.41, 5.74) is 0.554. The number of hydrogen-bond acceptors (Lipinski definition) is 5. The van der Waals surface area contributed by atoms with Crippen LogP contribution in [0, 0.1) is 11.3 Å². The molecule has 1 aromatic rings. The number of aromatic nitrogens is 1. The molecule has 2 rings (SSSR count). The van der Waals surface area contributed by atoms with Gasteiger partial charge in [0.15, 0.2) is 6.10 Å². The van der Waals surface area contributed by atoms with E-state index in [9.17, 15) is 4.79 Å². The summed E-state index contributed by atoms with van der Waals surface area (Å²) in [5.74, 6) is 0.690. The van der Waals surface area contributed by atoms with Gasteiger partial charge in [-0.25, -0.2) is 4.98 Å². The Morgan fingerprint density at radius 1 is 1.58 bits per heavy atom. The molecule has 0 saturated carbocycles. The summed E-state index contributed by atoms with van der Waals surface area (Å²) >= 11 is 0. The number of rotatable bonds is 2. The fourth-order valence-electron chi connectivity index (χ4n) is 1.89. The molecule has 6 heteroatoms. The standard InChI is InChI=1S/C13H16N4O2/c1-16(2)13(18)10-3-4-12(15-8-10)17-5-6-19-11(7-14)9-17/h3-4,8,11H,5-6,9H2,1-2H3. The van der Waals surface area contributed by atoms with E-state index in [1.54, 1.807) is 32.4 Å². The summed E-state index contributed by atoms with van der Waals surface area (Å²) in [6, 6.07) is 5.65. The molecule has 0 radical (unpaired) electrons. The number of ether oxygens (including phenoxy) is 1. The monoisotopic (exact) mass is 260 g/mol. The molecule has 19 heavy (non-hydrogen) atoms. The number of anilines is 1. The van der Waals surface area contributed by atoms with E-state index in [4.69, 9.17) is 10.00 Å². The molecule has 0 spiro atoms. The highest BCUT2D eigenvalue weighted by Gasteiger charge is 2.21. The topological polar surface area (TPSA) is 69.5 Å². The Bertz CT molecular complexity index is 492. The minimum Gasteiger partial charge on any atom is -0.360 e. The van der Waals surface area contributed by atoms with Crippen molar-refractivity contribution in [2.24, 2.45) is 0 Å². The zero-order chi connectivity index (χ0) is 13.8. The molecule has 0 N–H and O–H groups in total. The maximum absolute atomic E-state index is 11.7. The van der Waals surface area contributed by atoms with Crippen molar-refractivity contribution in [3.05, 3.63) is 23.9 Å². The van der Waals surface area contributed by atoms with Crippen molar-refractivity contribution in [2.45, 2.75) is 6.10 Å². The number of carbonyl (C=O) groups excluding carboxylic acids is 1. The van der Waals surface area contributed by atoms with Gasteiger partial charge in [0.25, 0.3) is 5.91 Å². The first-order valence-electron chi connectivity index (χ1n) is 6.05. The van der Waals surface area contributed by atoms with Crippen molar-refractivity contribution < 1.29 is 9.53 Å². The molecule has 100 valence electrons. The van der Waals surface area contributed by atoms with Crippen LogP contribution in [0.5, 0.6) is 0 Å². The Balaban J connectivity index is 2.10. The van der Waals surface area contributed by atoms with Crippen LogP contribution in [0.1, 0.15) is 10.4 Å². The van der Waals surface area contributed by atoms with Crippen LogP contribution in [0.3, 0.4) is 0 Å². The Hall–Kier alpha value is -2.13. The van der Waals surface area contributed by atoms with Crippen molar-refractivity contribution >= 4 is 11.7 Å². The second kappa shape index (κ2) is 5.67. The zero-order valence-electron chi connectivity index (χ0n) is 11.0. The van der Waals surface area contributed by atoms with Crippen molar-refractivity contribution in [3.63, 3.8) is 0 Å². The first-order valence-corrected chi connectivity index (χ1v) is 6.05. The quantitative estimate of drug-likeness (QED) is 0.775. The molecule has 0 bridgehead atoms. The number of morpholine rings is 1. The summed E-state index contributed by atoms with van der Waals surface area (Å²) in [4.78, 5) is 19.5. The van der Waals surface area contributed by atoms with E-state index in [1.165, 1.54) is 4.90 Å². The lowest BCUT2D eigenvalue weighted by atomic mass is 10.2. The molecule has 1 aromatic heterocycles. The maximum Gasteiger partial charge on any atom is 0.254 e. The van der Waals surface area contributed by atoms with Crippen LogP contribution in [0.25, 0.3) is 0 Å². The maximum atomic E-state index is 11.7. The van der Waals surface area contributed by atoms with E-state index in [-0.39, 0.29) is 5.91 Å². The van der Waals surface area contributed by atoms with Crippen molar-refractivity contribution in [2.75, 3.05) is 38.7 Å². The normalized spacial score (nSPS) is 18.8. The van der Waals surface area contributed by atoms with Crippen LogP contribution < -0.4 is 4.90 Å². The van der Waals surface area contributed by atoms with Crippen LogP contribution >= 0.6 is 0 Å². The molecule has 1 unspecified atom stereocenters. The van der Waals surface area contributed by atoms with Gasteiger partial charge >= 0.3 is 0 Å². The van der Waals surface area contributed by atoms with Crippen LogP contribution in [-0.2, 0) is 4.74 Å². The van der Waals surface area contributed by atoms with Gasteiger partial charge in [-0.05, 0) is 12.1 Å². The number of pyridine rings is 1. The smallest absolute Gasteiger partial charge is 0.254 e. The van der Waals surface area contributed by atoms with E-state index in [0.29, 0.717) is 25.3 Å². The van der Waals surface area contributed by atoms with E-state index in [0.717, 1.165) is 5.82 Å². The summed E-state index contributed by atoms with van der Waals surface area (Å²) in [5, 5.41) is 8.86. The summed E-state index contributed by atoms with van der Waals surface area (Å²) in [6.45, 7) is 1.72. The zero-order valence-corrected chi connectivity index (χ0v) is 11.0. The Morgan fingerprint density at radius 3 is 2.95 bits per heavy atom. The van der Waals surface area contributed by atoms with Gasteiger partial charge in [-0.1, -0.05) is 0 Å². The molecule has 0 aliphatic carbocycles. The fourth-order valence-corrected chi connectivity index (χ4v) is 1.89. The highest BCUT2D eigenvalue weighted by molar-refractivity contribution is 5.93. The molecule has 0 aromatic carbocycles. The average molecular weight is 260 g/mol. The first-order chi connectivity index (χ1) is 9.11.